The maximum atomic E-state index is 12.7. The normalized spacial score (nSPS) is 13.8. The molecule has 1 fully saturated rings. The van der Waals surface area contributed by atoms with Gasteiger partial charge < -0.3 is 25.0 Å². The predicted octanol–water partition coefficient (Wildman–Crippen LogP) is 4.70. The third-order valence-electron chi connectivity index (χ3n) is 7.84. The van der Waals surface area contributed by atoms with Crippen LogP contribution >= 0.6 is 0 Å². The van der Waals surface area contributed by atoms with E-state index in [1.807, 2.05) is 56.5 Å². The molecule has 0 unspecified atom stereocenters. The maximum absolute atomic E-state index is 12.7. The zero-order valence-electron chi connectivity index (χ0n) is 25.9. The minimum Gasteiger partial charge on any atom is -0.444 e. The summed E-state index contributed by atoms with van der Waals surface area (Å²) in [5, 5.41) is 17.5. The van der Waals surface area contributed by atoms with Gasteiger partial charge in [0.1, 0.15) is 5.60 Å². The number of anilines is 1. The van der Waals surface area contributed by atoms with Crippen LogP contribution in [0.15, 0.2) is 67.0 Å². The number of pyridine rings is 1. The van der Waals surface area contributed by atoms with E-state index >= 15 is 0 Å². The molecule has 0 saturated carbocycles. The highest BCUT2D eigenvalue weighted by Gasteiger charge is 2.26. The quantitative estimate of drug-likeness (QED) is 0.285. The Balaban J connectivity index is 1.23. The smallest absolute Gasteiger partial charge is 0.410 e. The van der Waals surface area contributed by atoms with Crippen LogP contribution in [0.3, 0.4) is 0 Å². The number of rotatable bonds is 6. The number of hydrogen-bond donors (Lipinski definition) is 2. The van der Waals surface area contributed by atoms with E-state index in [4.69, 9.17) is 14.9 Å². The Hall–Kier alpha value is -5.03. The number of hydrogen-bond acceptors (Lipinski definition) is 8. The van der Waals surface area contributed by atoms with E-state index < -0.39 is 5.60 Å². The van der Waals surface area contributed by atoms with E-state index in [9.17, 15) is 9.59 Å². The molecule has 2 aromatic carbocycles. The predicted molar refractivity (Wildman–Crippen MR) is 173 cm³/mol. The molecule has 5 aromatic rings. The Morgan fingerprint density at radius 1 is 0.978 bits per heavy atom. The maximum Gasteiger partial charge on any atom is 0.410 e. The second-order valence-corrected chi connectivity index (χ2v) is 12.1. The average Bonchev–Trinajstić information content (AvgIpc) is 3.44. The van der Waals surface area contributed by atoms with Gasteiger partial charge in [0.2, 0.25) is 0 Å². The van der Waals surface area contributed by atoms with Crippen molar-refractivity contribution in [3.63, 3.8) is 0 Å². The largest absolute Gasteiger partial charge is 0.444 e. The summed E-state index contributed by atoms with van der Waals surface area (Å²) in [6.07, 6.45) is 3.21. The lowest BCUT2D eigenvalue weighted by molar-refractivity contribution is 0.0240. The summed E-state index contributed by atoms with van der Waals surface area (Å²) in [7, 11) is 0. The van der Waals surface area contributed by atoms with Crippen LogP contribution in [-0.2, 0) is 4.74 Å². The molecule has 0 bridgehead atoms. The van der Waals surface area contributed by atoms with Gasteiger partial charge in [0.15, 0.2) is 5.65 Å². The number of ether oxygens (including phenoxy) is 1. The van der Waals surface area contributed by atoms with Gasteiger partial charge in [0.05, 0.1) is 35.3 Å². The van der Waals surface area contributed by atoms with Crippen LogP contribution in [-0.4, -0.2) is 86.5 Å². The average molecular weight is 608 g/mol. The Morgan fingerprint density at radius 2 is 1.73 bits per heavy atom. The highest BCUT2D eigenvalue weighted by atomic mass is 16.6. The van der Waals surface area contributed by atoms with Gasteiger partial charge in [-0.15, -0.1) is 0 Å². The summed E-state index contributed by atoms with van der Waals surface area (Å²) >= 11 is 0. The van der Waals surface area contributed by atoms with E-state index in [2.05, 4.69) is 44.5 Å². The summed E-state index contributed by atoms with van der Waals surface area (Å²) in [5.74, 6) is -0.287. The first-order valence-corrected chi connectivity index (χ1v) is 15.1. The molecule has 232 valence electrons. The number of para-hydroxylation sites is 1. The van der Waals surface area contributed by atoms with Crippen molar-refractivity contribution >= 4 is 34.2 Å². The zero-order chi connectivity index (χ0) is 31.7. The van der Waals surface area contributed by atoms with Crippen LogP contribution in [0, 0.1) is 6.92 Å². The Morgan fingerprint density at radius 3 is 2.44 bits per heavy atom. The number of fused-ring (bicyclic) bond motifs is 2. The van der Waals surface area contributed by atoms with E-state index in [0.29, 0.717) is 29.8 Å². The summed E-state index contributed by atoms with van der Waals surface area (Å²) in [6.45, 7) is 10.4. The number of benzene rings is 2. The number of nitrogens with one attached hydrogen (secondary N) is 1. The van der Waals surface area contributed by atoms with Crippen LogP contribution in [0.4, 0.5) is 10.5 Å². The van der Waals surface area contributed by atoms with Crippen LogP contribution in [0.2, 0.25) is 0 Å². The Labute approximate surface area is 261 Å². The lowest BCUT2D eigenvalue weighted by atomic mass is 10.0. The number of amides is 2. The van der Waals surface area contributed by atoms with Gasteiger partial charge in [-0.3, -0.25) is 9.78 Å². The van der Waals surface area contributed by atoms with Gasteiger partial charge in [-0.05, 0) is 63.6 Å². The third-order valence-corrected chi connectivity index (χ3v) is 7.84. The van der Waals surface area contributed by atoms with Crippen LogP contribution in [0.25, 0.3) is 38.9 Å². The van der Waals surface area contributed by atoms with Crippen molar-refractivity contribution in [1.82, 2.24) is 29.8 Å². The standard InChI is InChI=1S/C34H37N7O4/c1-22-28(23-8-10-24(11-9-23)39-15-17-40(18-16-39)33(44)45-34(2,3)4)20-30-37-21-29(41(30)38-22)25-12-13-35-31-26(25)6-5-7-27(31)32(43)36-14-19-42/h5-13,20-21,42H,14-19H2,1-4H3,(H,36,43). The first-order chi connectivity index (χ1) is 21.6. The van der Waals surface area contributed by atoms with Crippen molar-refractivity contribution in [2.24, 2.45) is 0 Å². The molecule has 11 nitrogen and oxygen atoms in total. The molecule has 1 aliphatic heterocycles. The van der Waals surface area contributed by atoms with Crippen LogP contribution < -0.4 is 10.2 Å². The zero-order valence-corrected chi connectivity index (χ0v) is 25.9. The van der Waals surface area contributed by atoms with Crippen molar-refractivity contribution < 1.29 is 19.4 Å². The topological polar surface area (TPSA) is 125 Å². The number of imidazole rings is 1. The minimum atomic E-state index is -0.504. The second kappa shape index (κ2) is 12.2. The molecule has 45 heavy (non-hydrogen) atoms. The molecule has 2 N–H and O–H groups in total. The molecule has 3 aromatic heterocycles. The van der Waals surface area contributed by atoms with E-state index in [-0.39, 0.29) is 25.2 Å². The van der Waals surface area contributed by atoms with Gasteiger partial charge in [0, 0.05) is 61.1 Å². The van der Waals surface area contributed by atoms with Gasteiger partial charge in [0.25, 0.3) is 5.91 Å². The van der Waals surface area contributed by atoms with Crippen molar-refractivity contribution in [2.45, 2.75) is 33.3 Å². The molecule has 0 aliphatic carbocycles. The Bertz CT molecular complexity index is 1870. The molecule has 4 heterocycles. The third kappa shape index (κ3) is 6.16. The summed E-state index contributed by atoms with van der Waals surface area (Å²) in [5.41, 5.74) is 6.84. The summed E-state index contributed by atoms with van der Waals surface area (Å²) in [4.78, 5) is 38.4. The van der Waals surface area contributed by atoms with Crippen molar-refractivity contribution in [3.05, 3.63) is 78.2 Å². The number of aliphatic hydroxyl groups is 1. The van der Waals surface area contributed by atoms with Crippen LogP contribution in [0.1, 0.15) is 36.8 Å². The number of carbonyl (C=O) groups is 2. The molecule has 0 spiro atoms. The fraction of sp³-hybridized carbons (Fsp3) is 0.324. The van der Waals surface area contributed by atoms with Gasteiger partial charge in [-0.25, -0.2) is 14.3 Å². The first-order valence-electron chi connectivity index (χ1n) is 15.1. The number of carbonyl (C=O) groups excluding carboxylic acids is 2. The van der Waals surface area contributed by atoms with Crippen molar-refractivity contribution in [3.8, 4) is 22.4 Å². The molecule has 1 saturated heterocycles. The van der Waals surface area contributed by atoms with E-state index in [1.165, 1.54) is 0 Å². The molecule has 1 aliphatic rings. The molecular weight excluding hydrogens is 570 g/mol. The monoisotopic (exact) mass is 607 g/mol. The number of aromatic nitrogens is 4. The molecular formula is C34H37N7O4. The fourth-order valence-electron chi connectivity index (χ4n) is 5.65. The molecule has 0 atom stereocenters. The lowest BCUT2D eigenvalue weighted by Crippen LogP contribution is -2.50. The van der Waals surface area contributed by atoms with Gasteiger partial charge in [-0.1, -0.05) is 24.3 Å². The molecule has 0 radical (unpaired) electrons. The summed E-state index contributed by atoms with van der Waals surface area (Å²) in [6, 6.07) is 17.8. The Kier molecular flexibility index (Phi) is 8.11. The van der Waals surface area contributed by atoms with Crippen molar-refractivity contribution in [2.75, 3.05) is 44.2 Å². The lowest BCUT2D eigenvalue weighted by Gasteiger charge is -2.36. The molecule has 11 heteroatoms. The molecule has 2 amide bonds. The summed E-state index contributed by atoms with van der Waals surface area (Å²) < 4.78 is 7.35. The SMILES string of the molecule is Cc1nn2c(-c3ccnc4c(C(=O)NCCO)cccc34)cnc2cc1-c1ccc(N2CCN(C(=O)OC(C)(C)C)CC2)cc1. The number of aryl methyl sites for hydroxylation is 1. The van der Waals surface area contributed by atoms with Gasteiger partial charge >= 0.3 is 6.09 Å². The minimum absolute atomic E-state index is 0.136. The fourth-order valence-corrected chi connectivity index (χ4v) is 5.65. The van der Waals surface area contributed by atoms with Gasteiger partial charge in [-0.2, -0.15) is 5.10 Å². The first kappa shape index (κ1) is 30.0. The second-order valence-electron chi connectivity index (χ2n) is 12.1. The van der Waals surface area contributed by atoms with E-state index in [1.54, 1.807) is 23.4 Å². The van der Waals surface area contributed by atoms with Crippen molar-refractivity contribution in [1.29, 1.82) is 0 Å². The molecule has 6 rings (SSSR count). The number of piperazine rings is 1. The highest BCUT2D eigenvalue weighted by molar-refractivity contribution is 6.08. The van der Waals surface area contributed by atoms with E-state index in [0.717, 1.165) is 52.2 Å². The highest BCUT2D eigenvalue weighted by Crippen LogP contribution is 2.32. The number of nitrogens with zero attached hydrogens (tertiary/aromatic N) is 6. The number of aliphatic hydroxyl groups excluding tert-OH is 1. The van der Waals surface area contributed by atoms with Crippen LogP contribution in [0.5, 0.6) is 0 Å².